The first kappa shape index (κ1) is 33.6. The molecule has 0 saturated carbocycles. The average Bonchev–Trinajstić information content (AvgIpc) is 3.73. The Hall–Kier alpha value is -4.33. The van der Waals surface area contributed by atoms with Crippen LogP contribution in [-0.2, 0) is 26.9 Å². The van der Waals surface area contributed by atoms with Crippen LogP contribution >= 0.6 is 11.3 Å². The average molecular weight is 677 g/mol. The molecular formula is C35H41FN6O5S. The van der Waals surface area contributed by atoms with E-state index in [9.17, 15) is 9.59 Å². The summed E-state index contributed by atoms with van der Waals surface area (Å²) in [5.74, 6) is -0.121. The molecule has 0 spiro atoms. The number of nitrogens with zero attached hydrogens (tertiary/aromatic N) is 2. The number of halogens is 1. The lowest BCUT2D eigenvalue weighted by atomic mass is 9.81. The first-order chi connectivity index (χ1) is 23.0. The number of aromatic nitrogens is 3. The van der Waals surface area contributed by atoms with Crippen LogP contribution in [0.2, 0.25) is 0 Å². The van der Waals surface area contributed by atoms with E-state index < -0.39 is 17.3 Å². The van der Waals surface area contributed by atoms with Crippen LogP contribution in [0.3, 0.4) is 0 Å². The predicted molar refractivity (Wildman–Crippen MR) is 182 cm³/mol. The maximum atomic E-state index is 15.4. The Morgan fingerprint density at radius 3 is 2.71 bits per heavy atom. The fourth-order valence-electron chi connectivity index (χ4n) is 5.96. The number of anilines is 2. The lowest BCUT2D eigenvalue weighted by molar-refractivity contribution is -0.117. The highest BCUT2D eigenvalue weighted by Crippen LogP contribution is 2.41. The summed E-state index contributed by atoms with van der Waals surface area (Å²) >= 11 is 1.36. The second kappa shape index (κ2) is 14.0. The van der Waals surface area contributed by atoms with E-state index in [1.807, 2.05) is 39.8 Å². The standard InChI is InChI=1S/C35H41FN6O5S/c1-34(2,3)29-18-30(42-41-29)39-32(44)24-9-8-22(16-26(24)36)47-28-17-25-21(15-27(28)46-20-23-7-5-6-13-45-23)10-11-38-35(25,4)19-31(43)40-33-37-12-14-48-33/h8-9,12,14-18,23,38H,5-7,10-11,13,19-20H2,1-4H3,(H,37,40,43)(H2,39,41,42,44)/t23?,35-/m1/s1. The number of H-pyrrole nitrogens is 1. The Morgan fingerprint density at radius 2 is 2.00 bits per heavy atom. The Balaban J connectivity index is 1.25. The van der Waals surface area contributed by atoms with Crippen LogP contribution in [0, 0.1) is 5.82 Å². The van der Waals surface area contributed by atoms with Gasteiger partial charge in [0.1, 0.15) is 24.0 Å². The number of nitrogens with one attached hydrogen (secondary N) is 4. The van der Waals surface area contributed by atoms with Gasteiger partial charge < -0.3 is 30.2 Å². The highest BCUT2D eigenvalue weighted by atomic mass is 32.1. The molecule has 0 aliphatic carbocycles. The van der Waals surface area contributed by atoms with E-state index in [4.69, 9.17) is 14.2 Å². The molecule has 2 amide bonds. The van der Waals surface area contributed by atoms with Crippen molar-refractivity contribution in [2.75, 3.05) is 30.4 Å². The van der Waals surface area contributed by atoms with Crippen molar-refractivity contribution in [1.29, 1.82) is 0 Å². The van der Waals surface area contributed by atoms with Crippen LogP contribution in [0.4, 0.5) is 15.3 Å². The van der Waals surface area contributed by atoms with Crippen LogP contribution in [0.15, 0.2) is 48.0 Å². The number of benzene rings is 2. The molecule has 4 N–H and O–H groups in total. The molecule has 4 aromatic rings. The summed E-state index contributed by atoms with van der Waals surface area (Å²) in [7, 11) is 0. The van der Waals surface area contributed by atoms with Gasteiger partial charge in [0.05, 0.1) is 17.4 Å². The lowest BCUT2D eigenvalue weighted by Crippen LogP contribution is -2.47. The van der Waals surface area contributed by atoms with Gasteiger partial charge in [-0.25, -0.2) is 9.37 Å². The molecule has 48 heavy (non-hydrogen) atoms. The van der Waals surface area contributed by atoms with Crippen molar-refractivity contribution >= 4 is 34.1 Å². The molecule has 0 radical (unpaired) electrons. The van der Waals surface area contributed by atoms with Gasteiger partial charge in [-0.15, -0.1) is 11.3 Å². The first-order valence-electron chi connectivity index (χ1n) is 16.2. The summed E-state index contributed by atoms with van der Waals surface area (Å²) in [6.45, 7) is 9.72. The molecule has 0 bridgehead atoms. The summed E-state index contributed by atoms with van der Waals surface area (Å²) < 4.78 is 33.9. The third-order valence-corrected chi connectivity index (χ3v) is 9.26. The number of hydrogen-bond acceptors (Lipinski definition) is 9. The second-order valence-electron chi connectivity index (χ2n) is 13.4. The molecule has 11 nitrogen and oxygen atoms in total. The van der Waals surface area contributed by atoms with Crippen LogP contribution < -0.4 is 25.4 Å². The van der Waals surface area contributed by atoms with Crippen LogP contribution in [0.5, 0.6) is 17.2 Å². The monoisotopic (exact) mass is 676 g/mol. The highest BCUT2D eigenvalue weighted by molar-refractivity contribution is 7.13. The van der Waals surface area contributed by atoms with Crippen molar-refractivity contribution < 1.29 is 28.2 Å². The third-order valence-electron chi connectivity index (χ3n) is 8.57. The number of amides is 2. The number of rotatable bonds is 10. The zero-order valence-electron chi connectivity index (χ0n) is 27.6. The lowest BCUT2D eigenvalue weighted by Gasteiger charge is -2.37. The van der Waals surface area contributed by atoms with Gasteiger partial charge >= 0.3 is 0 Å². The number of carbonyl (C=O) groups excluding carboxylic acids is 2. The summed E-state index contributed by atoms with van der Waals surface area (Å²) in [4.78, 5) is 30.2. The topological polar surface area (TPSA) is 139 Å². The fraction of sp³-hybridized carbons (Fsp3) is 0.429. The molecule has 6 rings (SSSR count). The second-order valence-corrected chi connectivity index (χ2v) is 14.3. The zero-order chi connectivity index (χ0) is 33.9. The van der Waals surface area contributed by atoms with Gasteiger partial charge in [-0.3, -0.25) is 14.7 Å². The Morgan fingerprint density at radius 1 is 1.15 bits per heavy atom. The Kier molecular flexibility index (Phi) is 9.81. The van der Waals surface area contributed by atoms with E-state index >= 15 is 4.39 Å². The van der Waals surface area contributed by atoms with E-state index in [0.717, 1.165) is 42.5 Å². The number of ether oxygens (including phenoxy) is 3. The molecule has 2 atom stereocenters. The van der Waals surface area contributed by atoms with Gasteiger partial charge in [-0.1, -0.05) is 20.8 Å². The molecule has 254 valence electrons. The van der Waals surface area contributed by atoms with Crippen molar-refractivity contribution in [2.45, 2.75) is 76.9 Å². The van der Waals surface area contributed by atoms with Gasteiger partial charge in [-0.2, -0.15) is 5.10 Å². The largest absolute Gasteiger partial charge is 0.487 e. The maximum absolute atomic E-state index is 15.4. The predicted octanol–water partition coefficient (Wildman–Crippen LogP) is 6.69. The molecule has 2 aliphatic heterocycles. The fourth-order valence-corrected chi connectivity index (χ4v) is 6.51. The Bertz CT molecular complexity index is 1770. The van der Waals surface area contributed by atoms with E-state index in [1.165, 1.54) is 29.5 Å². The summed E-state index contributed by atoms with van der Waals surface area (Å²) in [6, 6.07) is 9.63. The minimum Gasteiger partial charge on any atom is -0.487 e. The van der Waals surface area contributed by atoms with Gasteiger partial charge in [0.2, 0.25) is 5.91 Å². The van der Waals surface area contributed by atoms with Gasteiger partial charge in [0, 0.05) is 54.2 Å². The minimum atomic E-state index is -0.748. The van der Waals surface area contributed by atoms with E-state index in [-0.39, 0.29) is 35.2 Å². The summed E-state index contributed by atoms with van der Waals surface area (Å²) in [6.07, 6.45) is 5.50. The molecule has 2 aromatic carbocycles. The van der Waals surface area contributed by atoms with Crippen LogP contribution in [0.1, 0.15) is 80.6 Å². The summed E-state index contributed by atoms with van der Waals surface area (Å²) in [5, 5.41) is 18.4. The third kappa shape index (κ3) is 7.86. The molecule has 13 heteroatoms. The number of carbonyl (C=O) groups is 2. The van der Waals surface area contributed by atoms with Crippen molar-refractivity contribution in [1.82, 2.24) is 20.5 Å². The van der Waals surface area contributed by atoms with Crippen LogP contribution in [0.25, 0.3) is 0 Å². The van der Waals surface area contributed by atoms with E-state index in [1.54, 1.807) is 17.6 Å². The maximum Gasteiger partial charge on any atom is 0.259 e. The van der Waals surface area contributed by atoms with Crippen LogP contribution in [-0.4, -0.2) is 52.9 Å². The SMILES string of the molecule is CC(C)(C)c1cc(NC(=O)c2ccc(Oc3cc4c(cc3OCC3CCCCO3)CCN[C@]4(C)CC(=O)Nc3nccs3)cc2F)[nH]n1. The zero-order valence-corrected chi connectivity index (χ0v) is 28.4. The molecule has 2 aromatic heterocycles. The smallest absolute Gasteiger partial charge is 0.259 e. The van der Waals surface area contributed by atoms with Crippen molar-refractivity contribution in [2.24, 2.45) is 0 Å². The number of aromatic amines is 1. The number of thiazole rings is 1. The van der Waals surface area contributed by atoms with Gasteiger partial charge in [0.15, 0.2) is 16.6 Å². The summed E-state index contributed by atoms with van der Waals surface area (Å²) in [5.41, 5.74) is 1.60. The van der Waals surface area contributed by atoms with Gasteiger partial charge in [-0.05, 0) is 68.0 Å². The Labute approximate surface area is 283 Å². The number of hydrogen-bond donors (Lipinski definition) is 4. The van der Waals surface area contributed by atoms with Crippen molar-refractivity contribution in [3.63, 3.8) is 0 Å². The molecule has 4 heterocycles. The normalized spacial score (nSPS) is 19.3. The molecule has 1 unspecified atom stereocenters. The quantitative estimate of drug-likeness (QED) is 0.146. The van der Waals surface area contributed by atoms with Gasteiger partial charge in [0.25, 0.3) is 5.91 Å². The van der Waals surface area contributed by atoms with E-state index in [0.29, 0.717) is 42.2 Å². The molecule has 2 aliphatic rings. The number of fused-ring (bicyclic) bond motifs is 1. The minimum absolute atomic E-state index is 0.0336. The molecule has 1 fully saturated rings. The first-order valence-corrected chi connectivity index (χ1v) is 17.1. The molecular weight excluding hydrogens is 635 g/mol. The van der Waals surface area contributed by atoms with Crippen molar-refractivity contribution in [3.8, 4) is 17.2 Å². The van der Waals surface area contributed by atoms with E-state index in [2.05, 4.69) is 31.1 Å². The molecule has 1 saturated heterocycles. The van der Waals surface area contributed by atoms with Crippen molar-refractivity contribution in [3.05, 3.63) is 76.2 Å². The highest BCUT2D eigenvalue weighted by Gasteiger charge is 2.36.